The fourth-order valence-corrected chi connectivity index (χ4v) is 3.49. The lowest BCUT2D eigenvalue weighted by Gasteiger charge is -2.17. The second-order valence-electron chi connectivity index (χ2n) is 5.57. The quantitative estimate of drug-likeness (QED) is 0.814. The van der Waals surface area contributed by atoms with E-state index in [1.807, 2.05) is 5.51 Å². The zero-order valence-electron chi connectivity index (χ0n) is 11.4. The number of hydrogen-bond acceptors (Lipinski definition) is 3. The molecule has 106 valence electrons. The summed E-state index contributed by atoms with van der Waals surface area (Å²) in [4.78, 5) is 4.44. The summed E-state index contributed by atoms with van der Waals surface area (Å²) in [6.07, 6.45) is 4.87. The van der Waals surface area contributed by atoms with Gasteiger partial charge in [-0.25, -0.2) is 4.98 Å². The van der Waals surface area contributed by atoms with Gasteiger partial charge in [-0.3, -0.25) is 0 Å². The number of nitrogens with zero attached hydrogens (tertiary/aromatic N) is 1. The van der Waals surface area contributed by atoms with Gasteiger partial charge in [-0.15, -0.1) is 11.3 Å². The lowest BCUT2D eigenvalue weighted by atomic mass is 9.95. The van der Waals surface area contributed by atoms with Crippen molar-refractivity contribution in [2.75, 3.05) is 6.54 Å². The SMILES string of the molecule is Brc1cccc(CC(CNC2CC2)Cc2cscn2)c1. The van der Waals surface area contributed by atoms with Gasteiger partial charge in [0.05, 0.1) is 11.2 Å². The number of aromatic nitrogens is 1. The molecule has 0 spiro atoms. The molecular weight excluding hydrogens is 332 g/mol. The monoisotopic (exact) mass is 350 g/mol. The molecule has 0 radical (unpaired) electrons. The van der Waals surface area contributed by atoms with Crippen LogP contribution in [-0.2, 0) is 12.8 Å². The smallest absolute Gasteiger partial charge is 0.0794 e. The van der Waals surface area contributed by atoms with E-state index in [2.05, 4.69) is 55.9 Å². The fraction of sp³-hybridized carbons (Fsp3) is 0.438. The van der Waals surface area contributed by atoms with Crippen LogP contribution in [0.4, 0.5) is 0 Å². The highest BCUT2D eigenvalue weighted by Crippen LogP contribution is 2.21. The van der Waals surface area contributed by atoms with Gasteiger partial charge < -0.3 is 5.32 Å². The van der Waals surface area contributed by atoms with Crippen LogP contribution in [0.5, 0.6) is 0 Å². The van der Waals surface area contributed by atoms with Crippen molar-refractivity contribution in [1.82, 2.24) is 10.3 Å². The van der Waals surface area contributed by atoms with Gasteiger partial charge in [0.25, 0.3) is 0 Å². The molecule has 1 saturated carbocycles. The van der Waals surface area contributed by atoms with Crippen molar-refractivity contribution in [2.45, 2.75) is 31.7 Å². The van der Waals surface area contributed by atoms with E-state index in [-0.39, 0.29) is 0 Å². The predicted octanol–water partition coefficient (Wildman–Crippen LogP) is 4.06. The average molecular weight is 351 g/mol. The van der Waals surface area contributed by atoms with E-state index in [4.69, 9.17) is 0 Å². The van der Waals surface area contributed by atoms with Crippen molar-refractivity contribution in [3.63, 3.8) is 0 Å². The maximum Gasteiger partial charge on any atom is 0.0794 e. The Morgan fingerprint density at radius 2 is 2.25 bits per heavy atom. The first-order valence-electron chi connectivity index (χ1n) is 7.14. The van der Waals surface area contributed by atoms with Crippen molar-refractivity contribution < 1.29 is 0 Å². The standard InChI is InChI=1S/C16H19BrN2S/c17-14-3-1-2-12(7-14)6-13(9-18-15-4-5-15)8-16-10-20-11-19-16/h1-3,7,10-11,13,15,18H,4-6,8-9H2. The Labute approximate surface area is 132 Å². The molecule has 1 aliphatic rings. The molecular formula is C16H19BrN2S. The number of benzene rings is 1. The Morgan fingerprint density at radius 3 is 2.95 bits per heavy atom. The predicted molar refractivity (Wildman–Crippen MR) is 88.2 cm³/mol. The molecule has 2 nitrogen and oxygen atoms in total. The molecule has 1 heterocycles. The molecule has 0 aliphatic heterocycles. The summed E-state index contributed by atoms with van der Waals surface area (Å²) in [6.45, 7) is 1.09. The first-order valence-corrected chi connectivity index (χ1v) is 8.88. The average Bonchev–Trinajstić information content (AvgIpc) is 3.12. The molecule has 4 heteroatoms. The molecule has 1 aliphatic carbocycles. The molecule has 1 aromatic heterocycles. The van der Waals surface area contributed by atoms with Crippen LogP contribution in [0.2, 0.25) is 0 Å². The maximum absolute atomic E-state index is 4.44. The van der Waals surface area contributed by atoms with Crippen LogP contribution in [0.15, 0.2) is 39.6 Å². The number of thiazole rings is 1. The van der Waals surface area contributed by atoms with E-state index >= 15 is 0 Å². The highest BCUT2D eigenvalue weighted by atomic mass is 79.9. The van der Waals surface area contributed by atoms with Gasteiger partial charge in [0.1, 0.15) is 0 Å². The van der Waals surface area contributed by atoms with Crippen molar-refractivity contribution in [3.8, 4) is 0 Å². The van der Waals surface area contributed by atoms with Crippen LogP contribution in [0, 0.1) is 5.92 Å². The normalized spacial score (nSPS) is 16.2. The maximum atomic E-state index is 4.44. The summed E-state index contributed by atoms with van der Waals surface area (Å²) in [5.41, 5.74) is 4.56. The summed E-state index contributed by atoms with van der Waals surface area (Å²) in [7, 11) is 0. The van der Waals surface area contributed by atoms with Crippen molar-refractivity contribution in [1.29, 1.82) is 0 Å². The summed E-state index contributed by atoms with van der Waals surface area (Å²) in [6, 6.07) is 9.42. The lowest BCUT2D eigenvalue weighted by Crippen LogP contribution is -2.27. The molecule has 1 atom stereocenters. The minimum absolute atomic E-state index is 0.618. The highest BCUT2D eigenvalue weighted by molar-refractivity contribution is 9.10. The van der Waals surface area contributed by atoms with E-state index in [0.717, 1.165) is 29.9 Å². The first-order chi connectivity index (χ1) is 9.79. The number of rotatable bonds is 7. The molecule has 0 saturated heterocycles. The van der Waals surface area contributed by atoms with Gasteiger partial charge in [-0.05, 0) is 55.8 Å². The number of nitrogens with one attached hydrogen (secondary N) is 1. The fourth-order valence-electron chi connectivity index (χ4n) is 2.47. The van der Waals surface area contributed by atoms with Crippen molar-refractivity contribution >= 4 is 27.3 Å². The van der Waals surface area contributed by atoms with E-state index < -0.39 is 0 Å². The zero-order valence-corrected chi connectivity index (χ0v) is 13.8. The van der Waals surface area contributed by atoms with Crippen LogP contribution >= 0.6 is 27.3 Å². The Bertz CT molecular complexity index is 537. The molecule has 1 unspecified atom stereocenters. The van der Waals surface area contributed by atoms with Gasteiger partial charge in [-0.1, -0.05) is 28.1 Å². The van der Waals surface area contributed by atoms with Gasteiger partial charge >= 0.3 is 0 Å². The van der Waals surface area contributed by atoms with Crippen molar-refractivity contribution in [3.05, 3.63) is 50.9 Å². The largest absolute Gasteiger partial charge is 0.314 e. The highest BCUT2D eigenvalue weighted by Gasteiger charge is 2.22. The summed E-state index contributed by atoms with van der Waals surface area (Å²) < 4.78 is 1.16. The van der Waals surface area contributed by atoms with Crippen LogP contribution in [0.1, 0.15) is 24.1 Å². The van der Waals surface area contributed by atoms with Crippen LogP contribution in [-0.4, -0.2) is 17.6 Å². The van der Waals surface area contributed by atoms with Gasteiger partial charge in [-0.2, -0.15) is 0 Å². The second kappa shape index (κ2) is 6.83. The third kappa shape index (κ3) is 4.40. The number of halogens is 1. The van der Waals surface area contributed by atoms with Crippen molar-refractivity contribution in [2.24, 2.45) is 5.92 Å². The molecule has 0 amide bonds. The minimum atomic E-state index is 0.618. The van der Waals surface area contributed by atoms with E-state index in [9.17, 15) is 0 Å². The molecule has 0 bridgehead atoms. The van der Waals surface area contributed by atoms with Gasteiger partial charge in [0, 0.05) is 15.9 Å². The Morgan fingerprint density at radius 1 is 1.35 bits per heavy atom. The van der Waals surface area contributed by atoms with E-state index in [1.54, 1.807) is 11.3 Å². The summed E-state index contributed by atoms with van der Waals surface area (Å²) >= 11 is 5.25. The third-order valence-electron chi connectivity index (χ3n) is 3.67. The van der Waals surface area contributed by atoms with E-state index in [1.165, 1.54) is 24.1 Å². The minimum Gasteiger partial charge on any atom is -0.314 e. The molecule has 3 rings (SSSR count). The van der Waals surface area contributed by atoms with Gasteiger partial charge in [0.2, 0.25) is 0 Å². The third-order valence-corrected chi connectivity index (χ3v) is 4.80. The lowest BCUT2D eigenvalue weighted by molar-refractivity contribution is 0.465. The summed E-state index contributed by atoms with van der Waals surface area (Å²) in [5.74, 6) is 0.618. The molecule has 2 aromatic rings. The van der Waals surface area contributed by atoms with Crippen LogP contribution in [0.3, 0.4) is 0 Å². The van der Waals surface area contributed by atoms with Gasteiger partial charge in [0.15, 0.2) is 0 Å². The number of hydrogen-bond donors (Lipinski definition) is 1. The summed E-state index contributed by atoms with van der Waals surface area (Å²) in [5, 5.41) is 5.84. The Balaban J connectivity index is 1.63. The first kappa shape index (κ1) is 14.2. The molecule has 1 N–H and O–H groups in total. The Kier molecular flexibility index (Phi) is 4.86. The molecule has 20 heavy (non-hydrogen) atoms. The molecule has 1 fully saturated rings. The van der Waals surface area contributed by atoms with Crippen LogP contribution in [0.25, 0.3) is 0 Å². The topological polar surface area (TPSA) is 24.9 Å². The molecule has 1 aromatic carbocycles. The van der Waals surface area contributed by atoms with Crippen LogP contribution < -0.4 is 5.32 Å². The van der Waals surface area contributed by atoms with E-state index in [0.29, 0.717) is 5.92 Å². The Hall–Kier alpha value is -0.710. The second-order valence-corrected chi connectivity index (χ2v) is 7.20. The zero-order chi connectivity index (χ0) is 13.8.